The normalized spacial score (nSPS) is 14.2. The molecule has 1 N–H and O–H groups in total. The Bertz CT molecular complexity index is 419. The third kappa shape index (κ3) is 3.44. The lowest BCUT2D eigenvalue weighted by Gasteiger charge is -2.25. The molecule has 17 heavy (non-hydrogen) atoms. The topological polar surface area (TPSA) is 38.3 Å². The van der Waals surface area contributed by atoms with Crippen molar-refractivity contribution in [1.29, 1.82) is 0 Å². The first-order chi connectivity index (χ1) is 7.92. The lowest BCUT2D eigenvalue weighted by molar-refractivity contribution is -0.136. The van der Waals surface area contributed by atoms with Gasteiger partial charge in [-0.1, -0.05) is 18.5 Å². The molecule has 1 atom stereocenters. The van der Waals surface area contributed by atoms with E-state index in [1.807, 2.05) is 6.92 Å². The summed E-state index contributed by atoms with van der Waals surface area (Å²) in [5.41, 5.74) is -0.143. The van der Waals surface area contributed by atoms with E-state index in [0.29, 0.717) is 17.1 Å². The number of amides is 1. The second-order valence-electron chi connectivity index (χ2n) is 3.87. The van der Waals surface area contributed by atoms with Crippen LogP contribution >= 0.6 is 27.5 Å². The molecular weight excluding hydrogens is 305 g/mol. The van der Waals surface area contributed by atoms with Gasteiger partial charge < -0.3 is 10.1 Å². The molecule has 0 saturated carbocycles. The van der Waals surface area contributed by atoms with E-state index in [4.69, 9.17) is 16.3 Å². The predicted molar refractivity (Wildman–Crippen MR) is 73.5 cm³/mol. The molecule has 0 aliphatic heterocycles. The molecule has 1 rings (SSSR count). The van der Waals surface area contributed by atoms with E-state index in [9.17, 15) is 4.79 Å². The van der Waals surface area contributed by atoms with Gasteiger partial charge in [0, 0.05) is 16.6 Å². The minimum Gasteiger partial charge on any atom is -0.369 e. The average Bonchev–Trinajstić information content (AvgIpc) is 2.31. The van der Waals surface area contributed by atoms with Gasteiger partial charge in [0.05, 0.1) is 5.69 Å². The summed E-state index contributed by atoms with van der Waals surface area (Å²) in [6, 6.07) is 5.20. The summed E-state index contributed by atoms with van der Waals surface area (Å²) >= 11 is 9.18. The van der Waals surface area contributed by atoms with Crippen molar-refractivity contribution in [3.63, 3.8) is 0 Å². The molecule has 94 valence electrons. The van der Waals surface area contributed by atoms with Gasteiger partial charge in [0.15, 0.2) is 0 Å². The lowest BCUT2D eigenvalue weighted by Crippen LogP contribution is -2.41. The Morgan fingerprint density at radius 3 is 2.71 bits per heavy atom. The number of methoxy groups -OCH3 is 1. The van der Waals surface area contributed by atoms with Crippen LogP contribution in [-0.2, 0) is 9.53 Å². The zero-order chi connectivity index (χ0) is 13.1. The summed E-state index contributed by atoms with van der Waals surface area (Å²) in [7, 11) is 1.53. The molecule has 0 fully saturated rings. The summed E-state index contributed by atoms with van der Waals surface area (Å²) < 4.78 is 5.97. The lowest BCUT2D eigenvalue weighted by atomic mass is 10.0. The van der Waals surface area contributed by atoms with Gasteiger partial charge in [-0.15, -0.1) is 0 Å². The van der Waals surface area contributed by atoms with Gasteiger partial charge >= 0.3 is 0 Å². The number of nitrogens with one attached hydrogen (secondary N) is 1. The maximum Gasteiger partial charge on any atom is 0.256 e. The maximum absolute atomic E-state index is 12.0. The molecule has 0 aliphatic carbocycles. The van der Waals surface area contributed by atoms with Crippen LogP contribution in [0.4, 0.5) is 5.69 Å². The Balaban J connectivity index is 2.88. The van der Waals surface area contributed by atoms with Crippen LogP contribution in [0.5, 0.6) is 0 Å². The first-order valence-corrected chi connectivity index (χ1v) is 6.41. The zero-order valence-corrected chi connectivity index (χ0v) is 12.4. The van der Waals surface area contributed by atoms with E-state index < -0.39 is 5.60 Å². The molecule has 0 aromatic heterocycles. The third-order valence-electron chi connectivity index (χ3n) is 2.78. The Labute approximate surface area is 115 Å². The maximum atomic E-state index is 12.0. The first-order valence-electron chi connectivity index (χ1n) is 5.24. The van der Waals surface area contributed by atoms with Crippen LogP contribution in [0.25, 0.3) is 0 Å². The van der Waals surface area contributed by atoms with Gasteiger partial charge in [-0.25, -0.2) is 0 Å². The highest BCUT2D eigenvalue weighted by molar-refractivity contribution is 9.10. The van der Waals surface area contributed by atoms with E-state index in [1.165, 1.54) is 7.11 Å². The highest BCUT2D eigenvalue weighted by atomic mass is 79.9. The van der Waals surface area contributed by atoms with Crippen LogP contribution in [0.2, 0.25) is 5.02 Å². The highest BCUT2D eigenvalue weighted by Gasteiger charge is 2.31. The second-order valence-corrected chi connectivity index (χ2v) is 5.16. The SMILES string of the molecule is CCC(C)(OC)C(=O)Nc1ccc(Cl)cc1Br. The van der Waals surface area contributed by atoms with Crippen molar-refractivity contribution in [3.8, 4) is 0 Å². The van der Waals surface area contributed by atoms with Crippen LogP contribution < -0.4 is 5.32 Å². The third-order valence-corrected chi connectivity index (χ3v) is 3.68. The first kappa shape index (κ1) is 14.5. The summed E-state index contributed by atoms with van der Waals surface area (Å²) in [5.74, 6) is -0.175. The number of benzene rings is 1. The van der Waals surface area contributed by atoms with Crippen molar-refractivity contribution in [2.45, 2.75) is 25.9 Å². The average molecular weight is 321 g/mol. The van der Waals surface area contributed by atoms with Crippen molar-refractivity contribution in [1.82, 2.24) is 0 Å². The monoisotopic (exact) mass is 319 g/mol. The summed E-state index contributed by atoms with van der Waals surface area (Å²) in [4.78, 5) is 12.0. The molecule has 5 heteroatoms. The molecule has 1 aromatic carbocycles. The molecule has 0 radical (unpaired) electrons. The number of rotatable bonds is 4. The standard InChI is InChI=1S/C12H15BrClNO2/c1-4-12(2,17-3)11(16)15-10-6-5-8(14)7-9(10)13/h5-7H,4H2,1-3H3,(H,15,16). The highest BCUT2D eigenvalue weighted by Crippen LogP contribution is 2.27. The number of halogens is 2. The molecule has 0 aliphatic rings. The van der Waals surface area contributed by atoms with E-state index in [-0.39, 0.29) is 5.91 Å². The van der Waals surface area contributed by atoms with Crippen LogP contribution in [0.15, 0.2) is 22.7 Å². The molecule has 0 bridgehead atoms. The van der Waals surface area contributed by atoms with Crippen LogP contribution in [0.3, 0.4) is 0 Å². The molecule has 0 saturated heterocycles. The molecule has 1 aromatic rings. The Kier molecular flexibility index (Phi) is 4.98. The van der Waals surface area contributed by atoms with Gasteiger partial charge in [0.25, 0.3) is 5.91 Å². The zero-order valence-electron chi connectivity index (χ0n) is 10.0. The summed E-state index contributed by atoms with van der Waals surface area (Å²) in [6.45, 7) is 3.66. The van der Waals surface area contributed by atoms with Crippen molar-refractivity contribution in [2.24, 2.45) is 0 Å². The molecule has 1 unspecified atom stereocenters. The number of hydrogen-bond donors (Lipinski definition) is 1. The van der Waals surface area contributed by atoms with Crippen molar-refractivity contribution in [3.05, 3.63) is 27.7 Å². The molecular formula is C12H15BrClNO2. The predicted octanol–water partition coefficient (Wildman–Crippen LogP) is 3.86. The Morgan fingerprint density at radius 2 is 2.24 bits per heavy atom. The van der Waals surface area contributed by atoms with E-state index in [1.54, 1.807) is 25.1 Å². The van der Waals surface area contributed by atoms with Crippen LogP contribution in [0.1, 0.15) is 20.3 Å². The van der Waals surface area contributed by atoms with E-state index in [2.05, 4.69) is 21.2 Å². The van der Waals surface area contributed by atoms with Crippen molar-refractivity contribution < 1.29 is 9.53 Å². The van der Waals surface area contributed by atoms with E-state index >= 15 is 0 Å². The van der Waals surface area contributed by atoms with Gasteiger partial charge in [-0.2, -0.15) is 0 Å². The fourth-order valence-electron chi connectivity index (χ4n) is 1.24. The minimum atomic E-state index is -0.820. The van der Waals surface area contributed by atoms with Crippen molar-refractivity contribution >= 4 is 39.1 Å². The molecule has 0 spiro atoms. The summed E-state index contributed by atoms with van der Waals surface area (Å²) in [6.07, 6.45) is 0.598. The second kappa shape index (κ2) is 5.85. The summed E-state index contributed by atoms with van der Waals surface area (Å²) in [5, 5.41) is 3.42. The smallest absolute Gasteiger partial charge is 0.256 e. The van der Waals surface area contributed by atoms with Gasteiger partial charge in [-0.05, 0) is 47.5 Å². The molecule has 1 amide bonds. The van der Waals surface area contributed by atoms with E-state index in [0.717, 1.165) is 4.47 Å². The van der Waals surface area contributed by atoms with Crippen LogP contribution in [0, 0.1) is 0 Å². The number of ether oxygens (including phenoxy) is 1. The van der Waals surface area contributed by atoms with Gasteiger partial charge in [-0.3, -0.25) is 4.79 Å². The quantitative estimate of drug-likeness (QED) is 0.915. The fraction of sp³-hybridized carbons (Fsp3) is 0.417. The fourth-order valence-corrected chi connectivity index (χ4v) is 2.02. The van der Waals surface area contributed by atoms with Gasteiger partial charge in [0.2, 0.25) is 0 Å². The molecule has 3 nitrogen and oxygen atoms in total. The number of anilines is 1. The Morgan fingerprint density at radius 1 is 1.59 bits per heavy atom. The van der Waals surface area contributed by atoms with Crippen LogP contribution in [-0.4, -0.2) is 18.6 Å². The largest absolute Gasteiger partial charge is 0.369 e. The Hall–Kier alpha value is -0.580. The number of hydrogen-bond acceptors (Lipinski definition) is 2. The molecule has 0 heterocycles. The van der Waals surface area contributed by atoms with Gasteiger partial charge in [0.1, 0.15) is 5.60 Å². The minimum absolute atomic E-state index is 0.175. The number of carbonyl (C=O) groups is 1. The van der Waals surface area contributed by atoms with Crippen molar-refractivity contribution in [2.75, 3.05) is 12.4 Å². The number of carbonyl (C=O) groups excluding carboxylic acids is 1.